The van der Waals surface area contributed by atoms with Gasteiger partial charge < -0.3 is 4.90 Å². The summed E-state index contributed by atoms with van der Waals surface area (Å²) < 4.78 is 0.957. The van der Waals surface area contributed by atoms with Crippen LogP contribution in [-0.2, 0) is 4.79 Å². The lowest BCUT2D eigenvalue weighted by Gasteiger charge is -2.35. The predicted molar refractivity (Wildman–Crippen MR) is 112 cm³/mol. The number of carbonyl (C=O) groups excluding carboxylic acids is 1. The van der Waals surface area contributed by atoms with E-state index in [1.54, 1.807) is 6.92 Å². The van der Waals surface area contributed by atoms with Crippen molar-refractivity contribution in [1.82, 2.24) is 0 Å². The Hall–Kier alpha value is -2.64. The number of rotatable bonds is 2. The van der Waals surface area contributed by atoms with Gasteiger partial charge in [0.2, 0.25) is 0 Å². The van der Waals surface area contributed by atoms with Gasteiger partial charge in [-0.15, -0.1) is 0 Å². The molecular weight excluding hydrogens is 449 g/mol. The van der Waals surface area contributed by atoms with Crippen LogP contribution >= 0.6 is 22.6 Å². The van der Waals surface area contributed by atoms with Gasteiger partial charge in [0, 0.05) is 15.2 Å². The summed E-state index contributed by atoms with van der Waals surface area (Å²) in [6.45, 7) is 1.55. The number of halogens is 1. The molecule has 0 bridgehead atoms. The summed E-state index contributed by atoms with van der Waals surface area (Å²) >= 11 is 2.22. The van der Waals surface area contributed by atoms with E-state index in [1.165, 1.54) is 0 Å². The average Bonchev–Trinajstić information content (AvgIpc) is 2.99. The van der Waals surface area contributed by atoms with Crippen LogP contribution in [-0.4, -0.2) is 17.9 Å². The van der Waals surface area contributed by atoms with Crippen LogP contribution in [0.15, 0.2) is 54.6 Å². The number of ketones is 1. The summed E-state index contributed by atoms with van der Waals surface area (Å²) in [5.41, 5.74) is 1.42. The number of nitrogens with zero attached hydrogens (tertiary/aromatic N) is 3. The van der Waals surface area contributed by atoms with E-state index in [-0.39, 0.29) is 5.78 Å². The molecule has 2 aliphatic rings. The van der Waals surface area contributed by atoms with Crippen molar-refractivity contribution in [1.29, 1.82) is 10.5 Å². The number of anilines is 1. The Morgan fingerprint density at radius 1 is 1.11 bits per heavy atom. The first-order chi connectivity index (χ1) is 13.0. The molecule has 0 amide bonds. The van der Waals surface area contributed by atoms with E-state index in [2.05, 4.69) is 34.7 Å². The molecule has 2 aromatic rings. The topological polar surface area (TPSA) is 67.9 Å². The highest BCUT2D eigenvalue weighted by atomic mass is 127. The number of carbonyl (C=O) groups is 1. The maximum atomic E-state index is 12.8. The number of hydrogen-bond donors (Lipinski definition) is 0. The predicted octanol–water partition coefficient (Wildman–Crippen LogP) is 4.28. The molecule has 1 fully saturated rings. The van der Waals surface area contributed by atoms with E-state index in [0.29, 0.717) is 0 Å². The second-order valence-electron chi connectivity index (χ2n) is 6.92. The van der Waals surface area contributed by atoms with E-state index in [9.17, 15) is 15.3 Å². The fourth-order valence-corrected chi connectivity index (χ4v) is 5.18. The third-order valence-electron chi connectivity index (χ3n) is 5.57. The Morgan fingerprint density at radius 3 is 2.44 bits per heavy atom. The van der Waals surface area contributed by atoms with Crippen molar-refractivity contribution in [2.24, 2.45) is 5.41 Å². The molecule has 1 saturated heterocycles. The van der Waals surface area contributed by atoms with Crippen molar-refractivity contribution in [3.8, 4) is 12.1 Å². The van der Waals surface area contributed by atoms with Gasteiger partial charge in [0.15, 0.2) is 11.2 Å². The van der Waals surface area contributed by atoms with Gasteiger partial charge in [0.1, 0.15) is 0 Å². The standard InChI is InChI=1S/C22H16IN3O/c1-14(27)21-20(16-7-3-4-8-17(16)23)22(12-24,13-25)19-11-10-15-6-2-5-9-18(15)26(19)21/h2-11,19-21H,1H3/t19-,20-,21-/m1/s1. The molecule has 4 rings (SSSR count). The van der Waals surface area contributed by atoms with Gasteiger partial charge in [-0.1, -0.05) is 48.6 Å². The fraction of sp³-hybridized carbons (Fsp3) is 0.227. The van der Waals surface area contributed by atoms with E-state index in [1.807, 2.05) is 65.6 Å². The molecule has 0 aliphatic carbocycles. The number of hydrogen-bond acceptors (Lipinski definition) is 4. The van der Waals surface area contributed by atoms with Crippen LogP contribution in [0.5, 0.6) is 0 Å². The highest BCUT2D eigenvalue weighted by Gasteiger charge is 2.62. The first kappa shape index (κ1) is 17.8. The molecule has 0 radical (unpaired) electrons. The lowest BCUT2D eigenvalue weighted by Crippen LogP contribution is -2.43. The van der Waals surface area contributed by atoms with E-state index >= 15 is 0 Å². The van der Waals surface area contributed by atoms with Crippen molar-refractivity contribution in [2.45, 2.75) is 24.9 Å². The van der Waals surface area contributed by atoms with Crippen LogP contribution in [0.2, 0.25) is 0 Å². The minimum absolute atomic E-state index is 0.0397. The summed E-state index contributed by atoms with van der Waals surface area (Å²) in [4.78, 5) is 14.8. The second-order valence-corrected chi connectivity index (χ2v) is 8.08. The van der Waals surface area contributed by atoms with Crippen LogP contribution in [0.25, 0.3) is 6.08 Å². The number of fused-ring (bicyclic) bond motifs is 3. The third kappa shape index (κ3) is 2.42. The van der Waals surface area contributed by atoms with Gasteiger partial charge in [-0.25, -0.2) is 0 Å². The van der Waals surface area contributed by atoms with E-state index in [0.717, 1.165) is 20.4 Å². The first-order valence-electron chi connectivity index (χ1n) is 8.68. The molecule has 2 heterocycles. The normalized spacial score (nSPS) is 24.4. The maximum Gasteiger partial charge on any atom is 0.176 e. The van der Waals surface area contributed by atoms with Gasteiger partial charge >= 0.3 is 0 Å². The molecule has 132 valence electrons. The summed E-state index contributed by atoms with van der Waals surface area (Å²) in [5, 5.41) is 20.4. The molecular formula is C22H16IN3O. The quantitative estimate of drug-likeness (QED) is 0.621. The number of benzene rings is 2. The molecule has 2 aromatic carbocycles. The largest absolute Gasteiger partial charge is 0.351 e. The van der Waals surface area contributed by atoms with Crippen molar-refractivity contribution < 1.29 is 4.79 Å². The molecule has 2 aliphatic heterocycles. The lowest BCUT2D eigenvalue weighted by atomic mass is 9.69. The lowest BCUT2D eigenvalue weighted by molar-refractivity contribution is -0.118. The third-order valence-corrected chi connectivity index (χ3v) is 6.55. The monoisotopic (exact) mass is 465 g/mol. The van der Waals surface area contributed by atoms with Crippen molar-refractivity contribution >= 4 is 40.1 Å². The van der Waals surface area contributed by atoms with Gasteiger partial charge in [-0.05, 0) is 52.8 Å². The van der Waals surface area contributed by atoms with Crippen molar-refractivity contribution in [3.05, 3.63) is 69.3 Å². The zero-order valence-electron chi connectivity index (χ0n) is 14.6. The smallest absolute Gasteiger partial charge is 0.176 e. The summed E-state index contributed by atoms with van der Waals surface area (Å²) in [6.07, 6.45) is 3.86. The molecule has 27 heavy (non-hydrogen) atoms. The van der Waals surface area contributed by atoms with E-state index in [4.69, 9.17) is 0 Å². The van der Waals surface area contributed by atoms with Gasteiger partial charge in [0.25, 0.3) is 0 Å². The van der Waals surface area contributed by atoms with Gasteiger partial charge in [0.05, 0.1) is 24.2 Å². The fourth-order valence-electron chi connectivity index (χ4n) is 4.46. The Balaban J connectivity index is 2.03. The highest BCUT2D eigenvalue weighted by molar-refractivity contribution is 14.1. The number of Topliss-reactive ketones (excluding diaryl/α,β-unsaturated/α-hetero) is 1. The van der Waals surface area contributed by atoms with Crippen molar-refractivity contribution in [2.75, 3.05) is 4.90 Å². The summed E-state index contributed by atoms with van der Waals surface area (Å²) in [7, 11) is 0. The Kier molecular flexibility index (Phi) is 4.28. The molecule has 0 aromatic heterocycles. The summed E-state index contributed by atoms with van der Waals surface area (Å²) in [6, 6.07) is 19.1. The summed E-state index contributed by atoms with van der Waals surface area (Å²) in [5.74, 6) is -0.568. The van der Waals surface area contributed by atoms with Crippen LogP contribution in [0.1, 0.15) is 24.0 Å². The molecule has 4 nitrogen and oxygen atoms in total. The minimum atomic E-state index is -1.35. The molecule has 3 atom stereocenters. The van der Waals surface area contributed by atoms with Gasteiger partial charge in [-0.3, -0.25) is 4.79 Å². The van der Waals surface area contributed by atoms with Crippen LogP contribution in [0.4, 0.5) is 5.69 Å². The highest BCUT2D eigenvalue weighted by Crippen LogP contribution is 2.55. The minimum Gasteiger partial charge on any atom is -0.351 e. The molecule has 5 heteroatoms. The van der Waals surface area contributed by atoms with Crippen LogP contribution in [0.3, 0.4) is 0 Å². The number of para-hydroxylation sites is 1. The zero-order valence-corrected chi connectivity index (χ0v) is 16.8. The maximum absolute atomic E-state index is 12.8. The molecule has 0 unspecified atom stereocenters. The zero-order chi connectivity index (χ0) is 19.2. The second kappa shape index (κ2) is 6.51. The molecule has 0 saturated carbocycles. The Labute approximate surface area is 171 Å². The Morgan fingerprint density at radius 2 is 1.78 bits per heavy atom. The van der Waals surface area contributed by atoms with E-state index < -0.39 is 23.4 Å². The Bertz CT molecular complexity index is 1030. The van der Waals surface area contributed by atoms with Crippen LogP contribution in [0, 0.1) is 31.6 Å². The first-order valence-corrected chi connectivity index (χ1v) is 9.76. The van der Waals surface area contributed by atoms with Gasteiger partial charge in [-0.2, -0.15) is 10.5 Å². The molecule has 0 N–H and O–H groups in total. The van der Waals surface area contributed by atoms with Crippen LogP contribution < -0.4 is 4.90 Å². The SMILES string of the molecule is CC(=O)[C@@H]1[C@@H](c2ccccc2I)C(C#N)(C#N)[C@H]2C=Cc3ccccc3N12. The average molecular weight is 465 g/mol. The molecule has 0 spiro atoms. The number of nitriles is 2. The van der Waals surface area contributed by atoms with Crippen molar-refractivity contribution in [3.63, 3.8) is 0 Å².